The number of rotatable bonds is 16. The number of carboxylic acid groups (broad SMARTS) is 1. The number of esters is 2. The third-order valence-electron chi connectivity index (χ3n) is 4.19. The van der Waals surface area contributed by atoms with Crippen LogP contribution in [0.25, 0.3) is 0 Å². The van der Waals surface area contributed by atoms with E-state index in [1.165, 1.54) is 51.4 Å². The van der Waals surface area contributed by atoms with Crippen LogP contribution >= 0.6 is 0 Å². The number of ether oxygens (including phenoxy) is 1. The van der Waals surface area contributed by atoms with Crippen LogP contribution in [0.5, 0.6) is 0 Å². The monoisotopic (exact) mass is 381 g/mol. The van der Waals surface area contributed by atoms with Crippen LogP contribution in [0.4, 0.5) is 0 Å². The van der Waals surface area contributed by atoms with Crippen molar-refractivity contribution in [2.45, 2.75) is 103 Å². The molecule has 3 N–H and O–H groups in total. The van der Waals surface area contributed by atoms with E-state index in [1.54, 1.807) is 0 Å². The molecule has 0 aromatic rings. The molecule has 148 valence electrons. The molecule has 0 aromatic heterocycles. The normalized spacial score (nSPS) is 11.5. The summed E-state index contributed by atoms with van der Waals surface area (Å²) in [6.45, 7) is 2.22. The van der Waals surface area contributed by atoms with E-state index in [-0.39, 0.29) is 48.8 Å². The fourth-order valence-electron chi connectivity index (χ4n) is 2.56. The number of unbranched alkanes of at least 4 members (excludes halogenated alkanes) is 10. The number of nitrogens with two attached hydrogens (primary N) is 1. The second kappa shape index (κ2) is 19.3. The second-order valence-electron chi connectivity index (χ2n) is 6.62. The summed E-state index contributed by atoms with van der Waals surface area (Å²) in [5, 5.41) is 8.60. The Kier molecular flexibility index (Phi) is 20.7. The molecule has 0 fully saturated rings. The van der Waals surface area contributed by atoms with E-state index in [0.717, 1.165) is 19.3 Å². The van der Waals surface area contributed by atoms with Crippen LogP contribution in [-0.2, 0) is 19.1 Å². The molecule has 0 saturated carbocycles. The van der Waals surface area contributed by atoms with E-state index in [1.807, 2.05) is 0 Å². The molecule has 0 aromatic carbocycles. The van der Waals surface area contributed by atoms with Gasteiger partial charge in [-0.25, -0.2) is 0 Å². The van der Waals surface area contributed by atoms with E-state index in [9.17, 15) is 14.4 Å². The van der Waals surface area contributed by atoms with Gasteiger partial charge in [0, 0.05) is 12.8 Å². The molecule has 0 heterocycles. The summed E-state index contributed by atoms with van der Waals surface area (Å²) in [5.74, 6) is -2.41. The molecule has 0 aliphatic carbocycles. The van der Waals surface area contributed by atoms with Crippen molar-refractivity contribution in [1.29, 1.82) is 0 Å². The van der Waals surface area contributed by atoms with Gasteiger partial charge in [-0.3, -0.25) is 14.4 Å². The molecular formula is C19H36NNaO5. The molecule has 0 unspecified atom stereocenters. The number of carbonyl (C=O) groups excluding carboxylic acids is 2. The van der Waals surface area contributed by atoms with Crippen LogP contribution in [0.15, 0.2) is 0 Å². The molecule has 0 amide bonds. The minimum absolute atomic E-state index is 0. The molecule has 0 saturated heterocycles. The van der Waals surface area contributed by atoms with E-state index in [2.05, 4.69) is 11.7 Å². The maximum absolute atomic E-state index is 11.5. The summed E-state index contributed by atoms with van der Waals surface area (Å²) >= 11 is 0. The first-order valence-corrected chi connectivity index (χ1v) is 9.69. The fourth-order valence-corrected chi connectivity index (χ4v) is 2.56. The molecule has 0 aliphatic rings. The van der Waals surface area contributed by atoms with Crippen molar-refractivity contribution >= 4 is 47.5 Å². The van der Waals surface area contributed by atoms with Crippen LogP contribution in [0.3, 0.4) is 0 Å². The van der Waals surface area contributed by atoms with E-state index < -0.39 is 23.9 Å². The zero-order valence-electron chi connectivity index (χ0n) is 15.6. The second-order valence-corrected chi connectivity index (χ2v) is 6.62. The zero-order valence-corrected chi connectivity index (χ0v) is 15.6. The molecule has 0 radical (unpaired) electrons. The molecule has 0 bridgehead atoms. The molecular weight excluding hydrogens is 345 g/mol. The summed E-state index contributed by atoms with van der Waals surface area (Å²) < 4.78 is 4.65. The Morgan fingerprint density at radius 3 is 1.69 bits per heavy atom. The quantitative estimate of drug-likeness (QED) is 0.184. The van der Waals surface area contributed by atoms with Crippen molar-refractivity contribution in [1.82, 2.24) is 0 Å². The predicted octanol–water partition coefficient (Wildman–Crippen LogP) is 3.30. The van der Waals surface area contributed by atoms with Gasteiger partial charge in [0.1, 0.15) is 6.04 Å². The van der Waals surface area contributed by atoms with Crippen molar-refractivity contribution in [3.05, 3.63) is 0 Å². The third-order valence-corrected chi connectivity index (χ3v) is 4.19. The zero-order chi connectivity index (χ0) is 18.9. The van der Waals surface area contributed by atoms with Crippen molar-refractivity contribution in [2.24, 2.45) is 5.73 Å². The summed E-state index contributed by atoms with van der Waals surface area (Å²) in [6, 6.07) is -1.10. The minimum atomic E-state index is -1.17. The standard InChI is InChI=1S/C19H35NO5.Na.H/c1-2-3-4-5-6-7-8-9-10-11-12-13-17(21)25-18(22)15-14-16(20)19(23)24;;/h16H,2-15,20H2,1H3,(H,23,24);;/t16-;;/m0../s1. The topological polar surface area (TPSA) is 107 Å². The predicted molar refractivity (Wildman–Crippen MR) is 104 cm³/mol. The summed E-state index contributed by atoms with van der Waals surface area (Å²) in [4.78, 5) is 33.4. The van der Waals surface area contributed by atoms with Crippen molar-refractivity contribution < 1.29 is 24.2 Å². The maximum atomic E-state index is 11.5. The summed E-state index contributed by atoms with van der Waals surface area (Å²) in [5.41, 5.74) is 5.28. The first kappa shape index (κ1) is 27.8. The Morgan fingerprint density at radius 1 is 0.808 bits per heavy atom. The van der Waals surface area contributed by atoms with Gasteiger partial charge in [-0.1, -0.05) is 71.1 Å². The van der Waals surface area contributed by atoms with Crippen molar-refractivity contribution in [2.75, 3.05) is 0 Å². The van der Waals surface area contributed by atoms with Gasteiger partial charge < -0.3 is 15.6 Å². The summed E-state index contributed by atoms with van der Waals surface area (Å²) in [6.07, 6.45) is 13.2. The molecule has 0 spiro atoms. The molecule has 0 aliphatic heterocycles. The van der Waals surface area contributed by atoms with Crippen LogP contribution in [0, 0.1) is 0 Å². The first-order valence-electron chi connectivity index (χ1n) is 9.69. The number of hydrogen-bond donors (Lipinski definition) is 2. The number of hydrogen-bond acceptors (Lipinski definition) is 5. The number of aliphatic carboxylic acids is 1. The molecule has 1 atom stereocenters. The van der Waals surface area contributed by atoms with Gasteiger partial charge in [0.05, 0.1) is 0 Å². The van der Waals surface area contributed by atoms with Crippen LogP contribution in [0.1, 0.15) is 96.8 Å². The molecule has 6 nitrogen and oxygen atoms in total. The van der Waals surface area contributed by atoms with E-state index in [4.69, 9.17) is 10.8 Å². The fraction of sp³-hybridized carbons (Fsp3) is 0.842. The van der Waals surface area contributed by atoms with Gasteiger partial charge in [0.15, 0.2) is 0 Å². The SMILES string of the molecule is CCCCCCCCCCCCCC(=O)OC(=O)CC[C@H](N)C(=O)O.[NaH]. The van der Waals surface area contributed by atoms with Gasteiger partial charge in [0.25, 0.3) is 0 Å². The van der Waals surface area contributed by atoms with Gasteiger partial charge >= 0.3 is 47.5 Å². The number of carbonyl (C=O) groups is 3. The van der Waals surface area contributed by atoms with Gasteiger partial charge in [-0.15, -0.1) is 0 Å². The van der Waals surface area contributed by atoms with Crippen molar-refractivity contribution in [3.63, 3.8) is 0 Å². The third kappa shape index (κ3) is 18.4. The average molecular weight is 381 g/mol. The Hall–Kier alpha value is -0.430. The Bertz CT molecular complexity index is 390. The van der Waals surface area contributed by atoms with Crippen LogP contribution in [0.2, 0.25) is 0 Å². The Labute approximate surface area is 179 Å². The van der Waals surface area contributed by atoms with Gasteiger partial charge in [0.2, 0.25) is 0 Å². The summed E-state index contributed by atoms with van der Waals surface area (Å²) in [7, 11) is 0. The van der Waals surface area contributed by atoms with Gasteiger partial charge in [-0.2, -0.15) is 0 Å². The Morgan fingerprint density at radius 2 is 1.23 bits per heavy atom. The van der Waals surface area contributed by atoms with Crippen molar-refractivity contribution in [3.8, 4) is 0 Å². The molecule has 0 rings (SSSR count). The average Bonchev–Trinajstić information content (AvgIpc) is 2.57. The Balaban J connectivity index is 0. The van der Waals surface area contributed by atoms with Gasteiger partial charge in [-0.05, 0) is 12.8 Å². The van der Waals surface area contributed by atoms with E-state index >= 15 is 0 Å². The first-order chi connectivity index (χ1) is 12.0. The van der Waals surface area contributed by atoms with E-state index in [0.29, 0.717) is 0 Å². The van der Waals surface area contributed by atoms with Crippen LogP contribution in [-0.4, -0.2) is 58.6 Å². The molecule has 26 heavy (non-hydrogen) atoms. The van der Waals surface area contributed by atoms with Crippen LogP contribution < -0.4 is 5.73 Å². The molecule has 7 heteroatoms. The number of carboxylic acids is 1.